The lowest BCUT2D eigenvalue weighted by Crippen LogP contribution is -2.34. The highest BCUT2D eigenvalue weighted by molar-refractivity contribution is 6.00. The number of carbonyl (C=O) groups is 4. The van der Waals surface area contributed by atoms with Gasteiger partial charge in [0.2, 0.25) is 0 Å². The minimum atomic E-state index is -1.01. The average Bonchev–Trinajstić information content (AvgIpc) is 2.43. The molecule has 0 aromatic carbocycles. The van der Waals surface area contributed by atoms with Gasteiger partial charge in [-0.15, -0.1) is 0 Å². The normalized spacial score (nSPS) is 12.2. The van der Waals surface area contributed by atoms with Gasteiger partial charge in [0, 0.05) is 13.3 Å². The third-order valence-electron chi connectivity index (χ3n) is 2.93. The molecule has 7 heteroatoms. The number of hydrogen-bond acceptors (Lipinski definition) is 7. The second kappa shape index (κ2) is 10.8. The molecule has 7 nitrogen and oxygen atoms in total. The largest absolute Gasteiger partial charge is 0.466 e. The molecule has 0 aromatic rings. The van der Waals surface area contributed by atoms with Crippen molar-refractivity contribution in [3.05, 3.63) is 0 Å². The summed E-state index contributed by atoms with van der Waals surface area (Å²) in [5, 5.41) is 0. The third-order valence-corrected chi connectivity index (χ3v) is 2.93. The molecule has 1 atom stereocenters. The van der Waals surface area contributed by atoms with Crippen LogP contribution in [0.5, 0.6) is 0 Å². The van der Waals surface area contributed by atoms with E-state index in [1.807, 2.05) is 0 Å². The van der Waals surface area contributed by atoms with E-state index in [-0.39, 0.29) is 18.8 Å². The van der Waals surface area contributed by atoms with Gasteiger partial charge in [-0.1, -0.05) is 6.42 Å². The zero-order chi connectivity index (χ0) is 18.8. The molecule has 0 fully saturated rings. The molecule has 0 saturated heterocycles. The van der Waals surface area contributed by atoms with E-state index in [9.17, 15) is 19.2 Å². The smallest absolute Gasteiger partial charge is 0.317 e. The first-order chi connectivity index (χ1) is 11.1. The van der Waals surface area contributed by atoms with Crippen molar-refractivity contribution in [2.24, 2.45) is 5.92 Å². The Balaban J connectivity index is 4.62. The van der Waals surface area contributed by atoms with Gasteiger partial charge in [0.25, 0.3) is 0 Å². The van der Waals surface area contributed by atoms with Crippen LogP contribution in [-0.2, 0) is 33.4 Å². The van der Waals surface area contributed by atoms with Crippen LogP contribution in [0.4, 0.5) is 0 Å². The summed E-state index contributed by atoms with van der Waals surface area (Å²) in [5.74, 6) is -3.05. The summed E-state index contributed by atoms with van der Waals surface area (Å²) in [6, 6.07) is 0. The fourth-order valence-electron chi connectivity index (χ4n) is 1.91. The molecule has 138 valence electrons. The lowest BCUT2D eigenvalue weighted by molar-refractivity contribution is -0.164. The summed E-state index contributed by atoms with van der Waals surface area (Å²) >= 11 is 0. The Hall–Kier alpha value is -1.92. The molecule has 0 N–H and O–H groups in total. The molecule has 0 aliphatic rings. The second-order valence-electron chi connectivity index (χ2n) is 6.38. The van der Waals surface area contributed by atoms with Crippen molar-refractivity contribution in [1.82, 2.24) is 0 Å². The van der Waals surface area contributed by atoms with Crippen LogP contribution in [0, 0.1) is 5.92 Å². The van der Waals surface area contributed by atoms with Crippen molar-refractivity contribution in [1.29, 1.82) is 0 Å². The molecule has 0 aliphatic heterocycles. The Morgan fingerprint density at radius 3 is 2.12 bits per heavy atom. The molecular formula is C17H28O7. The van der Waals surface area contributed by atoms with Gasteiger partial charge >= 0.3 is 17.9 Å². The van der Waals surface area contributed by atoms with Crippen molar-refractivity contribution >= 4 is 23.7 Å². The molecule has 0 rings (SSSR count). The number of Topliss-reactive ketones (excluding diaryl/α,β-unsaturated/α-hetero) is 1. The van der Waals surface area contributed by atoms with Crippen LogP contribution in [0.25, 0.3) is 0 Å². The van der Waals surface area contributed by atoms with Gasteiger partial charge in [-0.3, -0.25) is 19.2 Å². The summed E-state index contributed by atoms with van der Waals surface area (Å²) in [5.41, 5.74) is -0.720. The van der Waals surface area contributed by atoms with E-state index in [1.54, 1.807) is 27.7 Å². The Labute approximate surface area is 143 Å². The lowest BCUT2D eigenvalue weighted by atomic mass is 9.96. The molecule has 24 heavy (non-hydrogen) atoms. The lowest BCUT2D eigenvalue weighted by Gasteiger charge is -2.23. The Bertz CT molecular complexity index is 448. The zero-order valence-electron chi connectivity index (χ0n) is 15.2. The minimum absolute atomic E-state index is 0.229. The van der Waals surface area contributed by atoms with E-state index in [0.29, 0.717) is 19.4 Å². The van der Waals surface area contributed by atoms with Gasteiger partial charge in [0.05, 0.1) is 6.61 Å². The van der Waals surface area contributed by atoms with E-state index in [0.717, 1.165) is 0 Å². The van der Waals surface area contributed by atoms with E-state index < -0.39 is 35.8 Å². The van der Waals surface area contributed by atoms with Crippen molar-refractivity contribution in [2.45, 2.75) is 65.9 Å². The highest BCUT2D eigenvalue weighted by Crippen LogP contribution is 2.18. The fraction of sp³-hybridized carbons (Fsp3) is 0.765. The van der Waals surface area contributed by atoms with Crippen LogP contribution in [0.2, 0.25) is 0 Å². The number of carbonyl (C=O) groups excluding carboxylic acids is 4. The number of ketones is 1. The summed E-state index contributed by atoms with van der Waals surface area (Å²) < 4.78 is 14.7. The van der Waals surface area contributed by atoms with E-state index in [4.69, 9.17) is 9.47 Å². The molecule has 1 unspecified atom stereocenters. The molecule has 0 heterocycles. The molecule has 0 amide bonds. The first kappa shape index (κ1) is 22.1. The van der Waals surface area contributed by atoms with Gasteiger partial charge in [-0.05, 0) is 40.5 Å². The fourth-order valence-corrected chi connectivity index (χ4v) is 1.91. The molecule has 0 saturated carbocycles. The second-order valence-corrected chi connectivity index (χ2v) is 6.38. The summed E-state index contributed by atoms with van der Waals surface area (Å²) in [6.07, 6.45) is 1.44. The highest BCUT2D eigenvalue weighted by atomic mass is 16.6. The molecule has 0 aliphatic carbocycles. The van der Waals surface area contributed by atoms with Gasteiger partial charge in [-0.2, -0.15) is 0 Å². The molecule has 0 aromatic heterocycles. The maximum atomic E-state index is 12.2. The van der Waals surface area contributed by atoms with Gasteiger partial charge in [-0.25, -0.2) is 0 Å². The van der Waals surface area contributed by atoms with Gasteiger partial charge in [0.1, 0.15) is 11.5 Å². The van der Waals surface area contributed by atoms with Crippen LogP contribution >= 0.6 is 0 Å². The van der Waals surface area contributed by atoms with Crippen molar-refractivity contribution in [3.63, 3.8) is 0 Å². The van der Waals surface area contributed by atoms with Crippen LogP contribution in [0.3, 0.4) is 0 Å². The molecule has 0 spiro atoms. The number of ether oxygens (including phenoxy) is 3. The molecule has 0 radical (unpaired) electrons. The monoisotopic (exact) mass is 344 g/mol. The standard InChI is InChI=1S/C17H28O7/c1-6-22-15(20)10-8-7-9-13(14(19)11-23-12(2)18)16(21)24-17(3,4)5/h13H,6-11H2,1-5H3. The topological polar surface area (TPSA) is 96.0 Å². The van der Waals surface area contributed by atoms with Crippen molar-refractivity contribution in [2.75, 3.05) is 13.2 Å². The van der Waals surface area contributed by atoms with Crippen LogP contribution in [0.1, 0.15) is 60.3 Å². The Morgan fingerprint density at radius 1 is 1.00 bits per heavy atom. The first-order valence-electron chi connectivity index (χ1n) is 8.11. The van der Waals surface area contributed by atoms with E-state index >= 15 is 0 Å². The van der Waals surface area contributed by atoms with Crippen molar-refractivity contribution < 1.29 is 33.4 Å². The Kier molecular flexibility index (Phi) is 9.92. The molecule has 0 bridgehead atoms. The quantitative estimate of drug-likeness (QED) is 0.259. The maximum absolute atomic E-state index is 12.2. The number of rotatable bonds is 10. The molecular weight excluding hydrogens is 316 g/mol. The van der Waals surface area contributed by atoms with Crippen LogP contribution < -0.4 is 0 Å². The van der Waals surface area contributed by atoms with Crippen molar-refractivity contribution in [3.8, 4) is 0 Å². The van der Waals surface area contributed by atoms with Gasteiger partial charge < -0.3 is 14.2 Å². The number of esters is 3. The predicted octanol–water partition coefficient (Wildman–Crippen LogP) is 2.20. The average molecular weight is 344 g/mol. The third kappa shape index (κ3) is 10.7. The summed E-state index contributed by atoms with van der Waals surface area (Å²) in [6.45, 7) is 7.90. The first-order valence-corrected chi connectivity index (χ1v) is 8.11. The highest BCUT2D eigenvalue weighted by Gasteiger charge is 2.31. The van der Waals surface area contributed by atoms with Crippen LogP contribution in [0.15, 0.2) is 0 Å². The van der Waals surface area contributed by atoms with E-state index in [1.165, 1.54) is 6.92 Å². The Morgan fingerprint density at radius 2 is 1.62 bits per heavy atom. The maximum Gasteiger partial charge on any atom is 0.317 e. The minimum Gasteiger partial charge on any atom is -0.466 e. The number of unbranched alkanes of at least 4 members (excludes halogenated alkanes) is 1. The SMILES string of the molecule is CCOC(=O)CCCCC(C(=O)COC(C)=O)C(=O)OC(C)(C)C. The summed E-state index contributed by atoms with van der Waals surface area (Å²) in [4.78, 5) is 46.4. The number of hydrogen-bond donors (Lipinski definition) is 0. The summed E-state index contributed by atoms with van der Waals surface area (Å²) in [7, 11) is 0. The van der Waals surface area contributed by atoms with Gasteiger partial charge in [0.15, 0.2) is 12.4 Å². The van der Waals surface area contributed by atoms with Crippen LogP contribution in [-0.4, -0.2) is 42.5 Å². The van der Waals surface area contributed by atoms with E-state index in [2.05, 4.69) is 4.74 Å². The predicted molar refractivity (Wildman–Crippen MR) is 86.1 cm³/mol. The zero-order valence-corrected chi connectivity index (χ0v) is 15.2.